The van der Waals surface area contributed by atoms with Crippen molar-refractivity contribution in [3.63, 3.8) is 0 Å². The maximum Gasteiger partial charge on any atom is 0.166 e. The van der Waals surface area contributed by atoms with E-state index in [0.717, 1.165) is 13.1 Å². The quantitative estimate of drug-likeness (QED) is 0.644. The van der Waals surface area contributed by atoms with Crippen LogP contribution in [0.3, 0.4) is 0 Å². The SMILES string of the molecule is CCNC1C(=S)N=NN1CC. The summed E-state index contributed by atoms with van der Waals surface area (Å²) in [5, 5.41) is 12.7. The van der Waals surface area contributed by atoms with E-state index in [1.807, 2.05) is 18.9 Å². The molecule has 0 fully saturated rings. The summed E-state index contributed by atoms with van der Waals surface area (Å²) in [5.41, 5.74) is 0. The van der Waals surface area contributed by atoms with Crippen LogP contribution < -0.4 is 5.32 Å². The molecule has 1 rings (SSSR count). The van der Waals surface area contributed by atoms with Gasteiger partial charge in [0.1, 0.15) is 0 Å². The number of nitrogens with zero attached hydrogens (tertiary/aromatic N) is 3. The van der Waals surface area contributed by atoms with E-state index in [-0.39, 0.29) is 6.17 Å². The summed E-state index contributed by atoms with van der Waals surface area (Å²) in [5.74, 6) is 0. The summed E-state index contributed by atoms with van der Waals surface area (Å²) in [6, 6.07) is 0. The normalized spacial score (nSPS) is 23.3. The summed E-state index contributed by atoms with van der Waals surface area (Å²) >= 11 is 4.98. The van der Waals surface area contributed by atoms with E-state index in [0.29, 0.717) is 4.99 Å². The standard InChI is InChI=1S/C6H12N4S/c1-3-7-5-6(11)8-9-10(5)4-2/h5,7H,3-4H2,1-2H3. The molecular weight excluding hydrogens is 160 g/mol. The highest BCUT2D eigenvalue weighted by Gasteiger charge is 2.24. The molecule has 4 nitrogen and oxygen atoms in total. The molecule has 0 saturated heterocycles. The van der Waals surface area contributed by atoms with Gasteiger partial charge in [0.2, 0.25) is 0 Å². The highest BCUT2D eigenvalue weighted by atomic mass is 32.1. The molecule has 0 aromatic carbocycles. The van der Waals surface area contributed by atoms with Gasteiger partial charge in [-0.3, -0.25) is 10.3 Å². The Labute approximate surface area is 71.6 Å². The molecule has 0 bridgehead atoms. The Morgan fingerprint density at radius 2 is 2.36 bits per heavy atom. The van der Waals surface area contributed by atoms with Crippen molar-refractivity contribution in [2.75, 3.05) is 13.1 Å². The molecule has 1 unspecified atom stereocenters. The Morgan fingerprint density at radius 1 is 1.64 bits per heavy atom. The molecule has 0 aliphatic carbocycles. The van der Waals surface area contributed by atoms with Crippen molar-refractivity contribution in [2.45, 2.75) is 20.0 Å². The average Bonchev–Trinajstić information content (AvgIpc) is 2.34. The first-order valence-electron chi connectivity index (χ1n) is 3.75. The second-order valence-corrected chi connectivity index (χ2v) is 2.66. The maximum absolute atomic E-state index is 4.98. The first kappa shape index (κ1) is 8.55. The second kappa shape index (κ2) is 3.73. The minimum Gasteiger partial charge on any atom is -0.290 e. The fourth-order valence-corrected chi connectivity index (χ4v) is 1.21. The molecule has 0 saturated carbocycles. The van der Waals surface area contributed by atoms with Crippen LogP contribution in [-0.4, -0.2) is 29.3 Å². The lowest BCUT2D eigenvalue weighted by Gasteiger charge is -2.19. The summed E-state index contributed by atoms with van der Waals surface area (Å²) < 4.78 is 0. The van der Waals surface area contributed by atoms with Crippen molar-refractivity contribution in [3.8, 4) is 0 Å². The summed E-state index contributed by atoms with van der Waals surface area (Å²) in [7, 11) is 0. The molecule has 62 valence electrons. The van der Waals surface area contributed by atoms with E-state index in [4.69, 9.17) is 12.2 Å². The monoisotopic (exact) mass is 172 g/mol. The average molecular weight is 172 g/mol. The maximum atomic E-state index is 4.98. The van der Waals surface area contributed by atoms with E-state index in [9.17, 15) is 0 Å². The van der Waals surface area contributed by atoms with E-state index < -0.39 is 0 Å². The molecule has 1 heterocycles. The fourth-order valence-electron chi connectivity index (χ4n) is 0.967. The first-order chi connectivity index (χ1) is 5.29. The van der Waals surface area contributed by atoms with Crippen LogP contribution in [-0.2, 0) is 0 Å². The van der Waals surface area contributed by atoms with Crippen LogP contribution in [0.1, 0.15) is 13.8 Å². The Balaban J connectivity index is 2.54. The van der Waals surface area contributed by atoms with Crippen LogP contribution in [0.25, 0.3) is 0 Å². The van der Waals surface area contributed by atoms with Gasteiger partial charge in [0.25, 0.3) is 0 Å². The van der Waals surface area contributed by atoms with Gasteiger partial charge >= 0.3 is 0 Å². The van der Waals surface area contributed by atoms with Crippen molar-refractivity contribution in [3.05, 3.63) is 0 Å². The number of thiocarbonyl (C=S) groups is 1. The molecule has 1 aliphatic rings. The molecule has 0 aromatic rings. The Kier molecular flexibility index (Phi) is 2.90. The molecule has 5 heteroatoms. The van der Waals surface area contributed by atoms with Crippen LogP contribution in [0, 0.1) is 0 Å². The molecule has 1 atom stereocenters. The lowest BCUT2D eigenvalue weighted by Crippen LogP contribution is -2.43. The van der Waals surface area contributed by atoms with E-state index in [2.05, 4.69) is 15.7 Å². The van der Waals surface area contributed by atoms with Crippen LogP contribution in [0.5, 0.6) is 0 Å². The van der Waals surface area contributed by atoms with Gasteiger partial charge in [0.05, 0.1) is 0 Å². The first-order valence-corrected chi connectivity index (χ1v) is 4.16. The van der Waals surface area contributed by atoms with Gasteiger partial charge in [-0.25, -0.2) is 0 Å². The Morgan fingerprint density at radius 3 is 2.91 bits per heavy atom. The van der Waals surface area contributed by atoms with Crippen LogP contribution >= 0.6 is 12.2 Å². The van der Waals surface area contributed by atoms with Gasteiger partial charge in [-0.05, 0) is 13.5 Å². The highest BCUT2D eigenvalue weighted by molar-refractivity contribution is 7.80. The molecule has 0 spiro atoms. The van der Waals surface area contributed by atoms with Crippen molar-refractivity contribution >= 4 is 17.2 Å². The number of likely N-dealkylation sites (N-methyl/N-ethyl adjacent to an activating group) is 2. The van der Waals surface area contributed by atoms with Gasteiger partial charge in [-0.15, -0.1) is 5.11 Å². The van der Waals surface area contributed by atoms with Crippen molar-refractivity contribution in [2.24, 2.45) is 10.3 Å². The summed E-state index contributed by atoms with van der Waals surface area (Å²) in [6.07, 6.45) is 0.0417. The second-order valence-electron chi connectivity index (χ2n) is 2.24. The minimum absolute atomic E-state index is 0.0417. The minimum atomic E-state index is 0.0417. The summed E-state index contributed by atoms with van der Waals surface area (Å²) in [6.45, 7) is 5.78. The van der Waals surface area contributed by atoms with Gasteiger partial charge in [-0.1, -0.05) is 24.4 Å². The lowest BCUT2D eigenvalue weighted by molar-refractivity contribution is 0.245. The van der Waals surface area contributed by atoms with Crippen LogP contribution in [0.2, 0.25) is 0 Å². The largest absolute Gasteiger partial charge is 0.290 e. The number of nitrogens with one attached hydrogen (secondary N) is 1. The Hall–Kier alpha value is -0.550. The highest BCUT2D eigenvalue weighted by Crippen LogP contribution is 2.09. The smallest absolute Gasteiger partial charge is 0.166 e. The molecule has 1 N–H and O–H groups in total. The van der Waals surface area contributed by atoms with Gasteiger partial charge in [0, 0.05) is 6.54 Å². The van der Waals surface area contributed by atoms with Crippen LogP contribution in [0.15, 0.2) is 10.3 Å². The number of hydrogen-bond donors (Lipinski definition) is 1. The molecule has 1 aliphatic heterocycles. The fraction of sp³-hybridized carbons (Fsp3) is 0.833. The molecule has 11 heavy (non-hydrogen) atoms. The Bertz CT molecular complexity index is 179. The molecule has 0 aromatic heterocycles. The third-order valence-corrected chi connectivity index (χ3v) is 1.82. The number of rotatable bonds is 3. The van der Waals surface area contributed by atoms with Crippen LogP contribution in [0.4, 0.5) is 0 Å². The number of hydrogen-bond acceptors (Lipinski definition) is 4. The topological polar surface area (TPSA) is 40.0 Å². The molecule has 0 radical (unpaired) electrons. The zero-order valence-electron chi connectivity index (χ0n) is 6.74. The van der Waals surface area contributed by atoms with E-state index in [1.165, 1.54) is 0 Å². The summed E-state index contributed by atoms with van der Waals surface area (Å²) in [4.78, 5) is 0.633. The zero-order valence-corrected chi connectivity index (χ0v) is 7.56. The zero-order chi connectivity index (χ0) is 8.27. The molecular formula is C6H12N4S. The van der Waals surface area contributed by atoms with Crippen molar-refractivity contribution < 1.29 is 0 Å². The van der Waals surface area contributed by atoms with Gasteiger partial charge in [0.15, 0.2) is 11.2 Å². The van der Waals surface area contributed by atoms with Crippen molar-refractivity contribution in [1.82, 2.24) is 10.3 Å². The lowest BCUT2D eigenvalue weighted by atomic mass is 10.4. The van der Waals surface area contributed by atoms with E-state index >= 15 is 0 Å². The van der Waals surface area contributed by atoms with Gasteiger partial charge in [-0.2, -0.15) is 0 Å². The van der Waals surface area contributed by atoms with Gasteiger partial charge < -0.3 is 0 Å². The third-order valence-electron chi connectivity index (χ3n) is 1.51. The van der Waals surface area contributed by atoms with E-state index in [1.54, 1.807) is 0 Å². The predicted octanol–water partition coefficient (Wildman–Crippen LogP) is 0.952. The predicted molar refractivity (Wildman–Crippen MR) is 47.3 cm³/mol. The third kappa shape index (κ3) is 1.72. The van der Waals surface area contributed by atoms with Crippen molar-refractivity contribution in [1.29, 1.82) is 0 Å². The molecule has 0 amide bonds.